The highest BCUT2D eigenvalue weighted by Gasteiger charge is 2.29. The molecule has 0 radical (unpaired) electrons. The van der Waals surface area contributed by atoms with E-state index in [1.807, 2.05) is 0 Å². The Morgan fingerprint density at radius 1 is 1.31 bits per heavy atom. The molecule has 1 fully saturated rings. The first-order valence-electron chi connectivity index (χ1n) is 10.0. The van der Waals surface area contributed by atoms with Crippen molar-refractivity contribution < 1.29 is 22.7 Å². The molecule has 0 aromatic heterocycles. The Balaban J connectivity index is 2.07. The standard InChI is InChI=1S/C20H33N3O5S/c1-5-22(16(2)3)9-8-21-20(24)15-17-6-7-18(27-4)19(14-17)29(25,26)23-10-12-28-13-11-23/h6-7,14,16H,5,8-13,15H2,1-4H3,(H,21,24). The second kappa shape index (κ2) is 10.9. The van der Waals surface area contributed by atoms with Crippen LogP contribution in [0.2, 0.25) is 0 Å². The Morgan fingerprint density at radius 2 is 2.00 bits per heavy atom. The Morgan fingerprint density at radius 3 is 2.59 bits per heavy atom. The summed E-state index contributed by atoms with van der Waals surface area (Å²) in [4.78, 5) is 14.7. The largest absolute Gasteiger partial charge is 0.495 e. The third-order valence-electron chi connectivity index (χ3n) is 5.04. The van der Waals surface area contributed by atoms with Crippen molar-refractivity contribution in [3.63, 3.8) is 0 Å². The van der Waals surface area contributed by atoms with Crippen LogP contribution in [0.25, 0.3) is 0 Å². The van der Waals surface area contributed by atoms with Gasteiger partial charge in [0.2, 0.25) is 15.9 Å². The van der Waals surface area contributed by atoms with Gasteiger partial charge in [-0.1, -0.05) is 13.0 Å². The Kier molecular flexibility index (Phi) is 8.88. The van der Waals surface area contributed by atoms with Crippen LogP contribution in [0.5, 0.6) is 5.75 Å². The van der Waals surface area contributed by atoms with E-state index >= 15 is 0 Å². The van der Waals surface area contributed by atoms with Crippen molar-refractivity contribution in [2.45, 2.75) is 38.1 Å². The second-order valence-electron chi connectivity index (χ2n) is 7.25. The molecule has 29 heavy (non-hydrogen) atoms. The number of carbonyl (C=O) groups excluding carboxylic acids is 1. The van der Waals surface area contributed by atoms with Crippen LogP contribution in [0.15, 0.2) is 23.1 Å². The molecule has 0 saturated carbocycles. The number of likely N-dealkylation sites (N-methyl/N-ethyl adjacent to an activating group) is 1. The Bertz CT molecular complexity index is 776. The molecule has 9 heteroatoms. The van der Waals surface area contributed by atoms with Crippen LogP contribution in [0.4, 0.5) is 0 Å². The number of hydrogen-bond donors (Lipinski definition) is 1. The van der Waals surface area contributed by atoms with E-state index in [0.717, 1.165) is 13.1 Å². The number of rotatable bonds is 10. The lowest BCUT2D eigenvalue weighted by Crippen LogP contribution is -2.40. The maximum atomic E-state index is 13.0. The van der Waals surface area contributed by atoms with Crippen molar-refractivity contribution in [3.05, 3.63) is 23.8 Å². The van der Waals surface area contributed by atoms with E-state index in [-0.39, 0.29) is 23.0 Å². The van der Waals surface area contributed by atoms with Gasteiger partial charge < -0.3 is 14.8 Å². The smallest absolute Gasteiger partial charge is 0.246 e. The van der Waals surface area contributed by atoms with Crippen molar-refractivity contribution >= 4 is 15.9 Å². The van der Waals surface area contributed by atoms with E-state index in [9.17, 15) is 13.2 Å². The predicted molar refractivity (Wildman–Crippen MR) is 112 cm³/mol. The topological polar surface area (TPSA) is 88.2 Å². The Labute approximate surface area is 174 Å². The van der Waals surface area contributed by atoms with E-state index in [0.29, 0.717) is 44.5 Å². The molecule has 1 aliphatic heterocycles. The fraction of sp³-hybridized carbons (Fsp3) is 0.650. The van der Waals surface area contributed by atoms with Gasteiger partial charge in [0, 0.05) is 32.2 Å². The number of carbonyl (C=O) groups is 1. The van der Waals surface area contributed by atoms with Crippen LogP contribution in [-0.2, 0) is 26.0 Å². The third-order valence-corrected chi connectivity index (χ3v) is 6.96. The van der Waals surface area contributed by atoms with Gasteiger partial charge in [0.25, 0.3) is 0 Å². The molecule has 1 aromatic rings. The van der Waals surface area contributed by atoms with Crippen LogP contribution in [0.1, 0.15) is 26.3 Å². The number of hydrogen-bond acceptors (Lipinski definition) is 6. The third kappa shape index (κ3) is 6.40. The van der Waals surface area contributed by atoms with Gasteiger partial charge in [-0.2, -0.15) is 4.31 Å². The molecule has 0 atom stereocenters. The molecule has 0 bridgehead atoms. The maximum absolute atomic E-state index is 13.0. The van der Waals surface area contributed by atoms with Gasteiger partial charge in [-0.25, -0.2) is 8.42 Å². The molecule has 0 spiro atoms. The lowest BCUT2D eigenvalue weighted by Gasteiger charge is -2.27. The van der Waals surface area contributed by atoms with Crippen molar-refractivity contribution in [1.29, 1.82) is 0 Å². The van der Waals surface area contributed by atoms with Gasteiger partial charge in [0.05, 0.1) is 26.7 Å². The molecule has 1 N–H and O–H groups in total. The molecule has 1 heterocycles. The first kappa shape index (κ1) is 23.6. The van der Waals surface area contributed by atoms with Gasteiger partial charge in [-0.3, -0.25) is 9.69 Å². The summed E-state index contributed by atoms with van der Waals surface area (Å²) in [5.41, 5.74) is 0.631. The average Bonchev–Trinajstić information content (AvgIpc) is 2.71. The molecular weight excluding hydrogens is 394 g/mol. The van der Waals surface area contributed by atoms with E-state index < -0.39 is 10.0 Å². The minimum Gasteiger partial charge on any atom is -0.495 e. The second-order valence-corrected chi connectivity index (χ2v) is 9.16. The molecule has 164 valence electrons. The molecule has 2 rings (SSSR count). The summed E-state index contributed by atoms with van der Waals surface area (Å²) in [5.74, 6) is 0.140. The summed E-state index contributed by atoms with van der Waals surface area (Å²) in [7, 11) is -2.28. The molecule has 0 aliphatic carbocycles. The SMILES string of the molecule is CCN(CCNC(=O)Cc1ccc(OC)c(S(=O)(=O)N2CCOCC2)c1)C(C)C. The van der Waals surface area contributed by atoms with Gasteiger partial charge in [0.1, 0.15) is 10.6 Å². The van der Waals surface area contributed by atoms with Crippen molar-refractivity contribution in [3.8, 4) is 5.75 Å². The molecule has 1 saturated heterocycles. The number of amides is 1. The minimum atomic E-state index is -3.71. The fourth-order valence-corrected chi connectivity index (χ4v) is 4.94. The van der Waals surface area contributed by atoms with Crippen molar-refractivity contribution in [2.75, 3.05) is 53.0 Å². The number of morpholine rings is 1. The highest BCUT2D eigenvalue weighted by Crippen LogP contribution is 2.28. The summed E-state index contributed by atoms with van der Waals surface area (Å²) < 4.78 is 38.0. The first-order valence-corrected chi connectivity index (χ1v) is 11.5. The van der Waals surface area contributed by atoms with Gasteiger partial charge >= 0.3 is 0 Å². The monoisotopic (exact) mass is 427 g/mol. The number of ether oxygens (including phenoxy) is 2. The molecular formula is C20H33N3O5S. The number of benzene rings is 1. The molecule has 1 amide bonds. The van der Waals surface area contributed by atoms with Crippen molar-refractivity contribution in [1.82, 2.24) is 14.5 Å². The number of nitrogens with zero attached hydrogens (tertiary/aromatic N) is 2. The zero-order valence-corrected chi connectivity index (χ0v) is 18.6. The Hall–Kier alpha value is -1.68. The van der Waals surface area contributed by atoms with Crippen LogP contribution >= 0.6 is 0 Å². The predicted octanol–water partition coefficient (Wildman–Crippen LogP) is 1.11. The summed E-state index contributed by atoms with van der Waals surface area (Å²) in [5, 5.41) is 2.91. The van der Waals surface area contributed by atoms with E-state index in [2.05, 4.69) is 31.0 Å². The molecule has 0 unspecified atom stereocenters. The van der Waals surface area contributed by atoms with Gasteiger partial charge in [-0.15, -0.1) is 0 Å². The zero-order chi connectivity index (χ0) is 21.4. The highest BCUT2D eigenvalue weighted by atomic mass is 32.2. The van der Waals surface area contributed by atoms with Crippen LogP contribution < -0.4 is 10.1 Å². The average molecular weight is 428 g/mol. The fourth-order valence-electron chi connectivity index (χ4n) is 3.33. The first-order chi connectivity index (χ1) is 13.8. The minimum absolute atomic E-state index is 0.0872. The van der Waals surface area contributed by atoms with Crippen LogP contribution in [0.3, 0.4) is 0 Å². The summed E-state index contributed by atoms with van der Waals surface area (Å²) in [6.45, 7) is 9.95. The number of sulfonamides is 1. The van der Waals surface area contributed by atoms with Crippen LogP contribution in [0, 0.1) is 0 Å². The van der Waals surface area contributed by atoms with Gasteiger partial charge in [-0.05, 0) is 38.1 Å². The normalized spacial score (nSPS) is 15.7. The summed E-state index contributed by atoms with van der Waals surface area (Å²) in [6.07, 6.45) is 0.115. The summed E-state index contributed by atoms with van der Waals surface area (Å²) >= 11 is 0. The quantitative estimate of drug-likeness (QED) is 0.602. The zero-order valence-electron chi connectivity index (χ0n) is 17.8. The summed E-state index contributed by atoms with van der Waals surface area (Å²) in [6, 6.07) is 5.29. The maximum Gasteiger partial charge on any atom is 0.246 e. The molecule has 1 aliphatic rings. The molecule has 1 aromatic carbocycles. The van der Waals surface area contributed by atoms with E-state index in [1.54, 1.807) is 12.1 Å². The molecule has 8 nitrogen and oxygen atoms in total. The van der Waals surface area contributed by atoms with E-state index in [1.165, 1.54) is 17.5 Å². The van der Waals surface area contributed by atoms with Gasteiger partial charge in [0.15, 0.2) is 0 Å². The van der Waals surface area contributed by atoms with E-state index in [4.69, 9.17) is 9.47 Å². The number of methoxy groups -OCH3 is 1. The lowest BCUT2D eigenvalue weighted by molar-refractivity contribution is -0.120. The number of nitrogens with one attached hydrogen (secondary N) is 1. The lowest BCUT2D eigenvalue weighted by atomic mass is 10.1. The highest BCUT2D eigenvalue weighted by molar-refractivity contribution is 7.89. The van der Waals surface area contributed by atoms with Crippen molar-refractivity contribution in [2.24, 2.45) is 0 Å². The van der Waals surface area contributed by atoms with Crippen LogP contribution in [-0.4, -0.2) is 82.6 Å².